The van der Waals surface area contributed by atoms with E-state index in [1.54, 1.807) is 6.07 Å². The second-order valence-electron chi connectivity index (χ2n) is 4.55. The lowest BCUT2D eigenvalue weighted by Crippen LogP contribution is -2.12. The molecular formula is C16H17BrCl2O2. The lowest BCUT2D eigenvalue weighted by molar-refractivity contribution is 0.315. The van der Waals surface area contributed by atoms with E-state index < -0.39 is 0 Å². The van der Waals surface area contributed by atoms with E-state index in [0.29, 0.717) is 24.0 Å². The summed E-state index contributed by atoms with van der Waals surface area (Å²) in [6.45, 7) is 2.95. The zero-order valence-corrected chi connectivity index (χ0v) is 14.8. The van der Waals surface area contributed by atoms with Crippen molar-refractivity contribution in [1.82, 2.24) is 0 Å². The van der Waals surface area contributed by atoms with E-state index in [2.05, 4.69) is 15.9 Å². The van der Waals surface area contributed by atoms with Crippen LogP contribution in [0.25, 0.3) is 10.8 Å². The zero-order chi connectivity index (χ0) is 15.2. The molecule has 0 aromatic heterocycles. The summed E-state index contributed by atoms with van der Waals surface area (Å²) in [5.74, 6) is 1.43. The van der Waals surface area contributed by atoms with Crippen molar-refractivity contribution in [3.8, 4) is 11.5 Å². The summed E-state index contributed by atoms with van der Waals surface area (Å²) in [7, 11) is 0. The van der Waals surface area contributed by atoms with E-state index in [4.69, 9.17) is 32.7 Å². The van der Waals surface area contributed by atoms with Crippen molar-refractivity contribution in [2.45, 2.75) is 18.7 Å². The quantitative estimate of drug-likeness (QED) is 0.566. The smallest absolute Gasteiger partial charge is 0.145 e. The predicted molar refractivity (Wildman–Crippen MR) is 93.7 cm³/mol. The third-order valence-electron chi connectivity index (χ3n) is 3.04. The Hall–Kier alpha value is -0.640. The molecule has 0 radical (unpaired) electrons. The molecule has 0 spiro atoms. The number of rotatable bonds is 7. The van der Waals surface area contributed by atoms with Crippen LogP contribution in [0.3, 0.4) is 0 Å². The molecule has 0 N–H and O–H groups in total. The van der Waals surface area contributed by atoms with Crippen LogP contribution in [0, 0.1) is 0 Å². The first-order valence-corrected chi connectivity index (χ1v) is 8.77. The highest BCUT2D eigenvalue weighted by atomic mass is 79.9. The van der Waals surface area contributed by atoms with Crippen molar-refractivity contribution in [1.29, 1.82) is 0 Å². The minimum absolute atomic E-state index is 0.0338. The Morgan fingerprint density at radius 3 is 2.57 bits per heavy atom. The first-order chi connectivity index (χ1) is 10.2. The van der Waals surface area contributed by atoms with Gasteiger partial charge in [0.25, 0.3) is 0 Å². The summed E-state index contributed by atoms with van der Waals surface area (Å²) in [5.41, 5.74) is 0. The Labute approximate surface area is 143 Å². The average Bonchev–Trinajstić information content (AvgIpc) is 2.48. The summed E-state index contributed by atoms with van der Waals surface area (Å²) >= 11 is 15.9. The van der Waals surface area contributed by atoms with Crippen LogP contribution in [0.2, 0.25) is 5.02 Å². The molecule has 0 amide bonds. The first-order valence-electron chi connectivity index (χ1n) is 6.84. The summed E-state index contributed by atoms with van der Waals surface area (Å²) in [5, 5.41) is 3.31. The molecule has 0 fully saturated rings. The predicted octanol–water partition coefficient (Wildman–Crippen LogP) is 5.66. The van der Waals surface area contributed by atoms with Gasteiger partial charge in [-0.25, -0.2) is 0 Å². The summed E-state index contributed by atoms with van der Waals surface area (Å²) in [6.07, 6.45) is 0.851. The van der Waals surface area contributed by atoms with Crippen LogP contribution < -0.4 is 9.47 Å². The van der Waals surface area contributed by atoms with Crippen molar-refractivity contribution in [3.05, 3.63) is 35.4 Å². The topological polar surface area (TPSA) is 18.5 Å². The number of alkyl halides is 2. The fourth-order valence-corrected chi connectivity index (χ4v) is 3.32. The highest BCUT2D eigenvalue weighted by Crippen LogP contribution is 2.39. The Bertz CT molecular complexity index is 604. The Balaban J connectivity index is 2.34. The van der Waals surface area contributed by atoms with Crippen LogP contribution in [0.15, 0.2) is 30.3 Å². The minimum atomic E-state index is -0.0338. The van der Waals surface area contributed by atoms with Crippen LogP contribution >= 0.6 is 39.1 Å². The molecule has 1 unspecified atom stereocenters. The van der Waals surface area contributed by atoms with Crippen LogP contribution in [-0.4, -0.2) is 23.9 Å². The van der Waals surface area contributed by atoms with Gasteiger partial charge in [0.1, 0.15) is 18.1 Å². The molecule has 0 saturated heterocycles. The summed E-state index contributed by atoms with van der Waals surface area (Å²) < 4.78 is 11.5. The van der Waals surface area contributed by atoms with E-state index >= 15 is 0 Å². The first kappa shape index (κ1) is 16.7. The fourth-order valence-electron chi connectivity index (χ4n) is 2.08. The third-order valence-corrected chi connectivity index (χ3v) is 4.13. The number of ether oxygens (including phenoxy) is 2. The fraction of sp³-hybridized carbons (Fsp3) is 0.375. The van der Waals surface area contributed by atoms with Gasteiger partial charge in [0.2, 0.25) is 0 Å². The molecule has 2 aromatic carbocycles. The van der Waals surface area contributed by atoms with Crippen LogP contribution in [0.5, 0.6) is 11.5 Å². The molecule has 0 bridgehead atoms. The lowest BCUT2D eigenvalue weighted by Gasteiger charge is -2.16. The van der Waals surface area contributed by atoms with Crippen LogP contribution in [0.4, 0.5) is 0 Å². The van der Waals surface area contributed by atoms with Gasteiger partial charge in [0.15, 0.2) is 0 Å². The van der Waals surface area contributed by atoms with Gasteiger partial charge in [-0.15, -0.1) is 11.6 Å². The number of halogens is 3. The van der Waals surface area contributed by atoms with Crippen molar-refractivity contribution >= 4 is 49.9 Å². The second-order valence-corrected chi connectivity index (χ2v) is 6.37. The van der Waals surface area contributed by atoms with E-state index in [1.165, 1.54) is 0 Å². The van der Waals surface area contributed by atoms with Gasteiger partial charge < -0.3 is 9.47 Å². The second kappa shape index (κ2) is 8.11. The normalized spacial score (nSPS) is 12.4. The maximum absolute atomic E-state index is 6.32. The molecule has 0 aliphatic carbocycles. The molecule has 0 aliphatic rings. The molecule has 2 nitrogen and oxygen atoms in total. The van der Waals surface area contributed by atoms with E-state index in [0.717, 1.165) is 28.3 Å². The van der Waals surface area contributed by atoms with Crippen molar-refractivity contribution in [2.75, 3.05) is 18.5 Å². The third kappa shape index (κ3) is 4.18. The molecule has 0 heterocycles. The van der Waals surface area contributed by atoms with E-state index in [-0.39, 0.29) is 5.38 Å². The van der Waals surface area contributed by atoms with Gasteiger partial charge in [-0.3, -0.25) is 0 Å². The number of fused-ring (bicyclic) bond motifs is 1. The van der Waals surface area contributed by atoms with Gasteiger partial charge in [0.05, 0.1) is 17.0 Å². The number of hydrogen-bond acceptors (Lipinski definition) is 2. The monoisotopic (exact) mass is 390 g/mol. The van der Waals surface area contributed by atoms with Crippen LogP contribution in [0.1, 0.15) is 13.3 Å². The zero-order valence-electron chi connectivity index (χ0n) is 11.7. The Morgan fingerprint density at radius 2 is 1.90 bits per heavy atom. The molecule has 0 aliphatic heterocycles. The lowest BCUT2D eigenvalue weighted by atomic mass is 10.1. The summed E-state index contributed by atoms with van der Waals surface area (Å²) in [4.78, 5) is 0. The Kier molecular flexibility index (Phi) is 6.46. The molecule has 2 aromatic rings. The highest BCUT2D eigenvalue weighted by Gasteiger charge is 2.14. The maximum atomic E-state index is 6.32. The van der Waals surface area contributed by atoms with Crippen molar-refractivity contribution in [3.63, 3.8) is 0 Å². The highest BCUT2D eigenvalue weighted by molar-refractivity contribution is 9.09. The van der Waals surface area contributed by atoms with E-state index in [9.17, 15) is 0 Å². The van der Waals surface area contributed by atoms with Gasteiger partial charge in [0, 0.05) is 22.2 Å². The molecule has 114 valence electrons. The average molecular weight is 392 g/mol. The molecule has 5 heteroatoms. The largest absolute Gasteiger partial charge is 0.492 e. The minimum Gasteiger partial charge on any atom is -0.492 e. The van der Waals surface area contributed by atoms with Crippen LogP contribution in [-0.2, 0) is 0 Å². The molecule has 2 rings (SSSR count). The number of hydrogen-bond donors (Lipinski definition) is 0. The van der Waals surface area contributed by atoms with Gasteiger partial charge >= 0.3 is 0 Å². The molecule has 1 atom stereocenters. The molecule has 0 saturated carbocycles. The molecule has 21 heavy (non-hydrogen) atoms. The van der Waals surface area contributed by atoms with Gasteiger partial charge in [-0.05, 0) is 13.3 Å². The molecular weight excluding hydrogens is 375 g/mol. The maximum Gasteiger partial charge on any atom is 0.145 e. The van der Waals surface area contributed by atoms with Crippen molar-refractivity contribution < 1.29 is 9.47 Å². The SMILES string of the molecule is CCOc1c(Cl)cc(OCC(Cl)CCBr)c2ccccc12. The van der Waals surface area contributed by atoms with Gasteiger partial charge in [-0.1, -0.05) is 51.8 Å². The Morgan fingerprint density at radius 1 is 1.19 bits per heavy atom. The van der Waals surface area contributed by atoms with Gasteiger partial charge in [-0.2, -0.15) is 0 Å². The standard InChI is InChI=1S/C16H17BrCl2O2/c1-2-20-16-13-6-4-3-5-12(13)15(9-14(16)19)21-10-11(18)7-8-17/h3-6,9,11H,2,7-8,10H2,1H3. The van der Waals surface area contributed by atoms with Crippen molar-refractivity contribution in [2.24, 2.45) is 0 Å². The summed E-state index contributed by atoms with van der Waals surface area (Å²) in [6, 6.07) is 9.70. The van der Waals surface area contributed by atoms with E-state index in [1.807, 2.05) is 31.2 Å². The number of benzene rings is 2.